The van der Waals surface area contributed by atoms with Crippen LogP contribution >= 0.6 is 27.3 Å². The number of aryl methyl sites for hydroxylation is 1. The molecule has 2 aromatic carbocycles. The van der Waals surface area contributed by atoms with Gasteiger partial charge in [0.15, 0.2) is 5.13 Å². The minimum atomic E-state index is 0.0149. The number of amides is 1. The zero-order valence-electron chi connectivity index (χ0n) is 13.0. The van der Waals surface area contributed by atoms with Gasteiger partial charge < -0.3 is 5.32 Å². The first kappa shape index (κ1) is 16.9. The lowest BCUT2D eigenvalue weighted by molar-refractivity contribution is -0.116. The molecule has 0 fully saturated rings. The molecule has 1 amide bonds. The zero-order chi connectivity index (χ0) is 16.8. The first-order valence-corrected chi connectivity index (χ1v) is 9.43. The number of carbonyl (C=O) groups excluding carboxylic acids is 1. The molecule has 1 aromatic heterocycles. The van der Waals surface area contributed by atoms with Crippen LogP contribution in [0.15, 0.2) is 64.5 Å². The maximum Gasteiger partial charge on any atom is 0.226 e. The van der Waals surface area contributed by atoms with E-state index in [1.54, 1.807) is 0 Å². The number of hydrogen-bond acceptors (Lipinski definition) is 3. The molecule has 0 aliphatic rings. The van der Waals surface area contributed by atoms with Gasteiger partial charge in [-0.1, -0.05) is 58.4 Å². The van der Waals surface area contributed by atoms with Gasteiger partial charge in [0.25, 0.3) is 0 Å². The van der Waals surface area contributed by atoms with E-state index >= 15 is 0 Å². The molecule has 122 valence electrons. The molecule has 3 rings (SSSR count). The van der Waals surface area contributed by atoms with Crippen LogP contribution < -0.4 is 5.32 Å². The van der Waals surface area contributed by atoms with Crippen LogP contribution in [0, 0.1) is 0 Å². The first-order chi connectivity index (χ1) is 11.7. The van der Waals surface area contributed by atoms with E-state index in [4.69, 9.17) is 0 Å². The third kappa shape index (κ3) is 4.76. The summed E-state index contributed by atoms with van der Waals surface area (Å²) in [6, 6.07) is 18.2. The maximum atomic E-state index is 12.1. The minimum absolute atomic E-state index is 0.0149. The second kappa shape index (κ2) is 8.22. The summed E-state index contributed by atoms with van der Waals surface area (Å²) in [5.74, 6) is 0.0149. The predicted octanol–water partition coefficient (Wildman–Crippen LogP) is 5.53. The average molecular weight is 401 g/mol. The highest BCUT2D eigenvalue weighted by Gasteiger charge is 2.08. The van der Waals surface area contributed by atoms with Gasteiger partial charge in [0.1, 0.15) is 0 Å². The quantitative estimate of drug-likeness (QED) is 0.590. The molecule has 5 heteroatoms. The van der Waals surface area contributed by atoms with Crippen LogP contribution in [0.1, 0.15) is 18.4 Å². The molecule has 24 heavy (non-hydrogen) atoms. The number of nitrogens with one attached hydrogen (secondary N) is 1. The van der Waals surface area contributed by atoms with Crippen LogP contribution in [0.3, 0.4) is 0 Å². The average Bonchev–Trinajstić information content (AvgIpc) is 3.04. The fraction of sp³-hybridized carbons (Fsp3) is 0.158. The van der Waals surface area contributed by atoms with E-state index in [0.717, 1.165) is 28.6 Å². The van der Waals surface area contributed by atoms with E-state index in [1.165, 1.54) is 16.9 Å². The van der Waals surface area contributed by atoms with Crippen molar-refractivity contribution in [3.63, 3.8) is 0 Å². The zero-order valence-corrected chi connectivity index (χ0v) is 15.4. The Labute approximate surface area is 153 Å². The number of nitrogens with zero attached hydrogens (tertiary/aromatic N) is 1. The summed E-state index contributed by atoms with van der Waals surface area (Å²) in [4.78, 5) is 16.5. The Bertz CT molecular complexity index is 817. The Hall–Kier alpha value is -1.98. The van der Waals surface area contributed by atoms with Gasteiger partial charge in [-0.25, -0.2) is 4.98 Å². The molecule has 0 radical (unpaired) electrons. The standard InChI is InChI=1S/C19H17BrN2OS/c20-16-10-5-9-15(12-16)17-13-24-19(21-17)22-18(23)11-4-8-14-6-2-1-3-7-14/h1-3,5-7,9-10,12-13H,4,8,11H2,(H,21,22,23). The lowest BCUT2D eigenvalue weighted by Gasteiger charge is -2.02. The van der Waals surface area contributed by atoms with Crippen LogP contribution in [0.5, 0.6) is 0 Å². The summed E-state index contributed by atoms with van der Waals surface area (Å²) in [7, 11) is 0. The number of anilines is 1. The van der Waals surface area contributed by atoms with E-state index < -0.39 is 0 Å². The summed E-state index contributed by atoms with van der Waals surface area (Å²) in [6.45, 7) is 0. The number of thiazole rings is 1. The number of hydrogen-bond donors (Lipinski definition) is 1. The van der Waals surface area contributed by atoms with Crippen molar-refractivity contribution in [3.8, 4) is 11.3 Å². The highest BCUT2D eigenvalue weighted by Crippen LogP contribution is 2.27. The topological polar surface area (TPSA) is 42.0 Å². The van der Waals surface area contributed by atoms with Gasteiger partial charge in [0.05, 0.1) is 5.69 Å². The SMILES string of the molecule is O=C(CCCc1ccccc1)Nc1nc(-c2cccc(Br)c2)cs1. The van der Waals surface area contributed by atoms with Gasteiger partial charge in [-0.3, -0.25) is 4.79 Å². The monoisotopic (exact) mass is 400 g/mol. The summed E-state index contributed by atoms with van der Waals surface area (Å²) in [6.07, 6.45) is 2.25. The van der Waals surface area contributed by atoms with Crippen molar-refractivity contribution < 1.29 is 4.79 Å². The smallest absolute Gasteiger partial charge is 0.226 e. The Kier molecular flexibility index (Phi) is 5.77. The summed E-state index contributed by atoms with van der Waals surface area (Å²) < 4.78 is 1.01. The molecule has 0 unspecified atom stereocenters. The predicted molar refractivity (Wildman–Crippen MR) is 103 cm³/mol. The third-order valence-corrected chi connectivity index (χ3v) is 4.83. The Morgan fingerprint density at radius 1 is 1.12 bits per heavy atom. The highest BCUT2D eigenvalue weighted by molar-refractivity contribution is 9.10. The fourth-order valence-corrected chi connectivity index (χ4v) is 3.53. The van der Waals surface area contributed by atoms with Crippen molar-refractivity contribution in [1.29, 1.82) is 0 Å². The third-order valence-electron chi connectivity index (χ3n) is 3.58. The molecule has 3 aromatic rings. The molecule has 0 saturated heterocycles. The van der Waals surface area contributed by atoms with Gasteiger partial charge in [0.2, 0.25) is 5.91 Å². The van der Waals surface area contributed by atoms with E-state index in [2.05, 4.69) is 38.4 Å². The molecular weight excluding hydrogens is 384 g/mol. The Morgan fingerprint density at radius 2 is 1.96 bits per heavy atom. The summed E-state index contributed by atoms with van der Waals surface area (Å²) in [5.41, 5.74) is 3.17. The molecule has 0 bridgehead atoms. The van der Waals surface area contributed by atoms with Crippen LogP contribution in [-0.4, -0.2) is 10.9 Å². The van der Waals surface area contributed by atoms with Crippen molar-refractivity contribution in [2.75, 3.05) is 5.32 Å². The fourth-order valence-electron chi connectivity index (χ4n) is 2.39. The number of rotatable bonds is 6. The Balaban J connectivity index is 1.52. The van der Waals surface area contributed by atoms with Crippen molar-refractivity contribution >= 4 is 38.3 Å². The normalized spacial score (nSPS) is 10.5. The van der Waals surface area contributed by atoms with Crippen molar-refractivity contribution in [1.82, 2.24) is 4.98 Å². The van der Waals surface area contributed by atoms with Crippen molar-refractivity contribution in [3.05, 3.63) is 70.0 Å². The second-order valence-electron chi connectivity index (χ2n) is 5.44. The van der Waals surface area contributed by atoms with E-state index in [1.807, 2.05) is 47.8 Å². The number of benzene rings is 2. The van der Waals surface area contributed by atoms with Gasteiger partial charge in [-0.2, -0.15) is 0 Å². The molecule has 1 N–H and O–H groups in total. The maximum absolute atomic E-state index is 12.1. The first-order valence-electron chi connectivity index (χ1n) is 7.76. The second-order valence-corrected chi connectivity index (χ2v) is 7.21. The van der Waals surface area contributed by atoms with Gasteiger partial charge in [0, 0.05) is 21.8 Å². The molecule has 1 heterocycles. The lowest BCUT2D eigenvalue weighted by atomic mass is 10.1. The van der Waals surface area contributed by atoms with E-state index in [-0.39, 0.29) is 5.91 Å². The van der Waals surface area contributed by atoms with Gasteiger partial charge in [-0.05, 0) is 30.5 Å². The Morgan fingerprint density at radius 3 is 2.75 bits per heavy atom. The van der Waals surface area contributed by atoms with E-state index in [0.29, 0.717) is 11.6 Å². The van der Waals surface area contributed by atoms with Gasteiger partial charge in [-0.15, -0.1) is 11.3 Å². The molecule has 0 saturated carbocycles. The molecule has 0 aliphatic carbocycles. The number of halogens is 1. The van der Waals surface area contributed by atoms with Gasteiger partial charge >= 0.3 is 0 Å². The number of carbonyl (C=O) groups is 1. The summed E-state index contributed by atoms with van der Waals surface area (Å²) in [5, 5.41) is 5.50. The van der Waals surface area contributed by atoms with Crippen molar-refractivity contribution in [2.24, 2.45) is 0 Å². The molecule has 0 spiro atoms. The molecule has 0 atom stereocenters. The summed E-state index contributed by atoms with van der Waals surface area (Å²) >= 11 is 4.91. The molecule has 0 aliphatic heterocycles. The van der Waals surface area contributed by atoms with Crippen LogP contribution in [0.25, 0.3) is 11.3 Å². The number of aromatic nitrogens is 1. The largest absolute Gasteiger partial charge is 0.302 e. The minimum Gasteiger partial charge on any atom is -0.302 e. The van der Waals surface area contributed by atoms with Crippen LogP contribution in [0.4, 0.5) is 5.13 Å². The molecular formula is C19H17BrN2OS. The van der Waals surface area contributed by atoms with Crippen molar-refractivity contribution in [2.45, 2.75) is 19.3 Å². The lowest BCUT2D eigenvalue weighted by Crippen LogP contribution is -2.11. The highest BCUT2D eigenvalue weighted by atomic mass is 79.9. The van der Waals surface area contributed by atoms with Crippen LogP contribution in [0.2, 0.25) is 0 Å². The van der Waals surface area contributed by atoms with Crippen LogP contribution in [-0.2, 0) is 11.2 Å². The molecule has 3 nitrogen and oxygen atoms in total. The van der Waals surface area contributed by atoms with E-state index in [9.17, 15) is 4.79 Å².